The number of hydrogen-bond acceptors (Lipinski definition) is 2. The standard InChI is InChI=1S/C14H11ClFNO2S/c15-11-4-6-12(7-5-11)20(18,19)17-9-8-10-2-1-3-13(16)14(10)17/h1-7H,8-9H2. The number of halogens is 2. The lowest BCUT2D eigenvalue weighted by molar-refractivity contribution is 0.588. The van der Waals surface area contributed by atoms with Crippen LogP contribution >= 0.6 is 11.6 Å². The molecule has 0 radical (unpaired) electrons. The van der Waals surface area contributed by atoms with Gasteiger partial charge in [0.1, 0.15) is 5.82 Å². The van der Waals surface area contributed by atoms with Crippen molar-refractivity contribution in [2.45, 2.75) is 11.3 Å². The van der Waals surface area contributed by atoms with Crippen molar-refractivity contribution in [3.05, 3.63) is 58.9 Å². The monoisotopic (exact) mass is 311 g/mol. The van der Waals surface area contributed by atoms with Gasteiger partial charge in [-0.2, -0.15) is 0 Å². The van der Waals surface area contributed by atoms with E-state index in [0.717, 1.165) is 4.31 Å². The zero-order valence-electron chi connectivity index (χ0n) is 10.4. The van der Waals surface area contributed by atoms with E-state index in [1.807, 2.05) is 0 Å². The minimum Gasteiger partial charge on any atom is -0.263 e. The Morgan fingerprint density at radius 2 is 1.80 bits per heavy atom. The summed E-state index contributed by atoms with van der Waals surface area (Å²) in [7, 11) is -3.76. The fraction of sp³-hybridized carbons (Fsp3) is 0.143. The Kier molecular flexibility index (Phi) is 3.18. The summed E-state index contributed by atoms with van der Waals surface area (Å²) in [5.41, 5.74) is 0.866. The Morgan fingerprint density at radius 1 is 1.10 bits per heavy atom. The van der Waals surface area contributed by atoms with Crippen LogP contribution in [0.4, 0.5) is 10.1 Å². The molecule has 0 N–H and O–H groups in total. The van der Waals surface area contributed by atoms with Crippen molar-refractivity contribution in [1.29, 1.82) is 0 Å². The second-order valence-corrected chi connectivity index (χ2v) is 6.83. The van der Waals surface area contributed by atoms with Gasteiger partial charge in [-0.3, -0.25) is 4.31 Å². The van der Waals surface area contributed by atoms with Crippen LogP contribution in [0.1, 0.15) is 5.56 Å². The Balaban J connectivity index is 2.09. The summed E-state index contributed by atoms with van der Waals surface area (Å²) in [5.74, 6) is -0.516. The Labute approximate surface area is 121 Å². The van der Waals surface area contributed by atoms with Crippen molar-refractivity contribution in [3.8, 4) is 0 Å². The lowest BCUT2D eigenvalue weighted by atomic mass is 10.2. The highest BCUT2D eigenvalue weighted by atomic mass is 35.5. The van der Waals surface area contributed by atoms with Crippen LogP contribution in [0.2, 0.25) is 5.02 Å². The van der Waals surface area contributed by atoms with Crippen LogP contribution in [-0.2, 0) is 16.4 Å². The quantitative estimate of drug-likeness (QED) is 0.854. The molecule has 0 saturated carbocycles. The van der Waals surface area contributed by atoms with Crippen LogP contribution in [0.25, 0.3) is 0 Å². The van der Waals surface area contributed by atoms with E-state index in [9.17, 15) is 12.8 Å². The van der Waals surface area contributed by atoms with Gasteiger partial charge in [0.15, 0.2) is 0 Å². The first-order valence-electron chi connectivity index (χ1n) is 6.06. The predicted octanol–water partition coefficient (Wildman–Crippen LogP) is 3.23. The Hall–Kier alpha value is -1.59. The Bertz CT molecular complexity index is 759. The van der Waals surface area contributed by atoms with Gasteiger partial charge in [0.2, 0.25) is 0 Å². The lowest BCUT2D eigenvalue weighted by Gasteiger charge is -2.20. The molecule has 0 spiro atoms. The van der Waals surface area contributed by atoms with Gasteiger partial charge >= 0.3 is 0 Å². The summed E-state index contributed by atoms with van der Waals surface area (Å²) in [6, 6.07) is 10.5. The third-order valence-corrected chi connectivity index (χ3v) is 5.37. The molecule has 104 valence electrons. The molecule has 0 aromatic heterocycles. The third kappa shape index (κ3) is 2.07. The van der Waals surface area contributed by atoms with Gasteiger partial charge in [-0.15, -0.1) is 0 Å². The van der Waals surface area contributed by atoms with Gasteiger partial charge in [0.05, 0.1) is 10.6 Å². The minimum atomic E-state index is -3.76. The average Bonchev–Trinajstić information content (AvgIpc) is 2.85. The normalized spacial score (nSPS) is 14.4. The number of fused-ring (bicyclic) bond motifs is 1. The van der Waals surface area contributed by atoms with Gasteiger partial charge in [-0.05, 0) is 42.3 Å². The summed E-state index contributed by atoms with van der Waals surface area (Å²) < 4.78 is 40.2. The van der Waals surface area contributed by atoms with Gasteiger partial charge in [-0.25, -0.2) is 12.8 Å². The number of benzene rings is 2. The smallest absolute Gasteiger partial charge is 0.263 e. The Morgan fingerprint density at radius 3 is 2.50 bits per heavy atom. The molecule has 0 fully saturated rings. The largest absolute Gasteiger partial charge is 0.264 e. The highest BCUT2D eigenvalue weighted by molar-refractivity contribution is 7.92. The molecule has 2 aromatic rings. The number of sulfonamides is 1. The first kappa shape index (κ1) is 13.4. The molecule has 3 nitrogen and oxygen atoms in total. The zero-order chi connectivity index (χ0) is 14.3. The van der Waals surface area contributed by atoms with Crippen LogP contribution in [-0.4, -0.2) is 15.0 Å². The first-order valence-corrected chi connectivity index (χ1v) is 7.87. The number of anilines is 1. The van der Waals surface area contributed by atoms with E-state index in [2.05, 4.69) is 0 Å². The summed E-state index contributed by atoms with van der Waals surface area (Å²) in [5, 5.41) is 0.456. The van der Waals surface area contributed by atoms with Gasteiger partial charge in [-0.1, -0.05) is 23.7 Å². The van der Waals surface area contributed by atoms with E-state index < -0.39 is 15.8 Å². The minimum absolute atomic E-state index is 0.109. The van der Waals surface area contributed by atoms with Gasteiger partial charge in [0.25, 0.3) is 10.0 Å². The maximum absolute atomic E-state index is 13.9. The molecule has 0 saturated heterocycles. The van der Waals surface area contributed by atoms with E-state index in [1.54, 1.807) is 12.1 Å². The summed E-state index contributed by atoms with van der Waals surface area (Å²) >= 11 is 5.76. The van der Waals surface area contributed by atoms with Crippen molar-refractivity contribution in [2.75, 3.05) is 10.8 Å². The fourth-order valence-corrected chi connectivity index (χ4v) is 3.99. The lowest BCUT2D eigenvalue weighted by Crippen LogP contribution is -2.29. The van der Waals surface area contributed by atoms with E-state index in [0.29, 0.717) is 17.0 Å². The molecule has 2 aromatic carbocycles. The van der Waals surface area contributed by atoms with Crippen LogP contribution in [0.5, 0.6) is 0 Å². The van der Waals surface area contributed by atoms with Gasteiger partial charge < -0.3 is 0 Å². The summed E-state index contributed by atoms with van der Waals surface area (Å²) in [6.45, 7) is 0.251. The number of para-hydroxylation sites is 1. The first-order chi connectivity index (χ1) is 9.50. The molecule has 0 unspecified atom stereocenters. The third-order valence-electron chi connectivity index (χ3n) is 3.31. The highest BCUT2D eigenvalue weighted by Crippen LogP contribution is 2.35. The summed E-state index contributed by atoms with van der Waals surface area (Å²) in [4.78, 5) is 0.109. The van der Waals surface area contributed by atoms with E-state index in [4.69, 9.17) is 11.6 Å². The maximum Gasteiger partial charge on any atom is 0.264 e. The molecule has 0 atom stereocenters. The van der Waals surface area contributed by atoms with Crippen LogP contribution in [0.15, 0.2) is 47.4 Å². The van der Waals surface area contributed by atoms with Crippen molar-refractivity contribution >= 4 is 27.3 Å². The van der Waals surface area contributed by atoms with E-state index >= 15 is 0 Å². The fourth-order valence-electron chi connectivity index (χ4n) is 2.35. The number of hydrogen-bond donors (Lipinski definition) is 0. The number of nitrogens with zero attached hydrogens (tertiary/aromatic N) is 1. The molecule has 1 aliphatic rings. The molecule has 0 aliphatic carbocycles. The molecular weight excluding hydrogens is 301 g/mol. The second kappa shape index (κ2) is 4.75. The summed E-state index contributed by atoms with van der Waals surface area (Å²) in [6.07, 6.45) is 0.514. The SMILES string of the molecule is O=S(=O)(c1ccc(Cl)cc1)N1CCc2cccc(F)c21. The van der Waals surface area contributed by atoms with Crippen molar-refractivity contribution < 1.29 is 12.8 Å². The molecule has 20 heavy (non-hydrogen) atoms. The van der Waals surface area contributed by atoms with Crippen LogP contribution < -0.4 is 4.31 Å². The van der Waals surface area contributed by atoms with Crippen molar-refractivity contribution in [2.24, 2.45) is 0 Å². The van der Waals surface area contributed by atoms with Crippen molar-refractivity contribution in [3.63, 3.8) is 0 Å². The molecule has 1 heterocycles. The van der Waals surface area contributed by atoms with E-state index in [1.165, 1.54) is 30.3 Å². The van der Waals surface area contributed by atoms with Crippen molar-refractivity contribution in [1.82, 2.24) is 0 Å². The second-order valence-electron chi connectivity index (χ2n) is 4.53. The van der Waals surface area contributed by atoms with Gasteiger partial charge in [0, 0.05) is 11.6 Å². The number of rotatable bonds is 2. The topological polar surface area (TPSA) is 37.4 Å². The molecule has 0 amide bonds. The van der Waals surface area contributed by atoms with Crippen LogP contribution in [0.3, 0.4) is 0 Å². The molecular formula is C14H11ClFNO2S. The molecule has 6 heteroatoms. The maximum atomic E-state index is 13.9. The average molecular weight is 312 g/mol. The van der Waals surface area contributed by atoms with Crippen LogP contribution in [0, 0.1) is 5.82 Å². The molecule has 1 aliphatic heterocycles. The molecule has 0 bridgehead atoms. The zero-order valence-corrected chi connectivity index (χ0v) is 12.0. The van der Waals surface area contributed by atoms with E-state index in [-0.39, 0.29) is 17.1 Å². The highest BCUT2D eigenvalue weighted by Gasteiger charge is 2.32. The molecule has 3 rings (SSSR count). The predicted molar refractivity (Wildman–Crippen MR) is 76.1 cm³/mol.